The van der Waals surface area contributed by atoms with E-state index in [1.54, 1.807) is 0 Å². The highest BCUT2D eigenvalue weighted by molar-refractivity contribution is 5.84. The van der Waals surface area contributed by atoms with Crippen molar-refractivity contribution in [3.05, 3.63) is 35.5 Å². The number of carboxylic acid groups (broad SMARTS) is 1. The molecule has 1 aliphatic heterocycles. The van der Waals surface area contributed by atoms with Crippen molar-refractivity contribution in [3.63, 3.8) is 0 Å². The summed E-state index contributed by atoms with van der Waals surface area (Å²) in [6, 6.07) is 6.24. The second-order valence-corrected chi connectivity index (χ2v) is 5.93. The minimum absolute atomic E-state index is 0.232. The van der Waals surface area contributed by atoms with Gasteiger partial charge in [-0.2, -0.15) is 0 Å². The molecule has 0 spiro atoms. The summed E-state index contributed by atoms with van der Waals surface area (Å²) in [6.45, 7) is 2.55. The standard InChI is InChI=1S/C17H20N2O4/c1-10-2-3-12-11(9-19-13(12)8-10)6-7-18-16(20)14-4-5-15(23-14)17(21)22/h2-3,8-9,14-15,19H,4-7H2,1H3,(H,18,20)(H,21,22)/t14-,15+/m0/s1. The van der Waals surface area contributed by atoms with Crippen LogP contribution in [0.4, 0.5) is 0 Å². The lowest BCUT2D eigenvalue weighted by molar-refractivity contribution is -0.151. The van der Waals surface area contributed by atoms with Gasteiger partial charge in [0.25, 0.3) is 0 Å². The number of nitrogens with one attached hydrogen (secondary N) is 2. The number of aryl methyl sites for hydroxylation is 1. The molecular weight excluding hydrogens is 296 g/mol. The molecule has 0 saturated carbocycles. The van der Waals surface area contributed by atoms with Crippen LogP contribution in [0.25, 0.3) is 10.9 Å². The average Bonchev–Trinajstić information content (AvgIpc) is 3.14. The van der Waals surface area contributed by atoms with Crippen LogP contribution in [-0.4, -0.2) is 40.7 Å². The highest BCUT2D eigenvalue weighted by Crippen LogP contribution is 2.21. The van der Waals surface area contributed by atoms with E-state index in [1.807, 2.05) is 13.1 Å². The van der Waals surface area contributed by atoms with Gasteiger partial charge in [0, 0.05) is 23.6 Å². The Morgan fingerprint density at radius 1 is 1.35 bits per heavy atom. The molecule has 1 aromatic heterocycles. The van der Waals surface area contributed by atoms with E-state index >= 15 is 0 Å². The number of hydrogen-bond donors (Lipinski definition) is 3. The van der Waals surface area contributed by atoms with Crippen LogP contribution in [0.5, 0.6) is 0 Å². The van der Waals surface area contributed by atoms with Gasteiger partial charge in [-0.05, 0) is 43.4 Å². The molecule has 1 fully saturated rings. The highest BCUT2D eigenvalue weighted by atomic mass is 16.5. The monoisotopic (exact) mass is 316 g/mol. The zero-order chi connectivity index (χ0) is 16.4. The molecule has 2 heterocycles. The Kier molecular flexibility index (Phi) is 4.34. The van der Waals surface area contributed by atoms with E-state index in [2.05, 4.69) is 28.5 Å². The van der Waals surface area contributed by atoms with E-state index in [1.165, 1.54) is 5.56 Å². The Hall–Kier alpha value is -2.34. The number of fused-ring (bicyclic) bond motifs is 1. The number of carboxylic acids is 1. The molecule has 1 saturated heterocycles. The van der Waals surface area contributed by atoms with Crippen molar-refractivity contribution in [2.75, 3.05) is 6.54 Å². The summed E-state index contributed by atoms with van der Waals surface area (Å²) in [4.78, 5) is 26.1. The minimum atomic E-state index is -1.01. The van der Waals surface area contributed by atoms with Gasteiger partial charge in [0.15, 0.2) is 6.10 Å². The Labute approximate surface area is 133 Å². The Morgan fingerprint density at radius 3 is 2.87 bits per heavy atom. The number of hydrogen-bond acceptors (Lipinski definition) is 3. The maximum Gasteiger partial charge on any atom is 0.332 e. The molecule has 23 heavy (non-hydrogen) atoms. The summed E-state index contributed by atoms with van der Waals surface area (Å²) in [6.07, 6.45) is 2.00. The fraction of sp³-hybridized carbons (Fsp3) is 0.412. The first-order valence-corrected chi connectivity index (χ1v) is 7.77. The Morgan fingerprint density at radius 2 is 2.13 bits per heavy atom. The summed E-state index contributed by atoms with van der Waals surface area (Å²) in [5, 5.41) is 12.9. The first-order chi connectivity index (χ1) is 11.0. The van der Waals surface area contributed by atoms with E-state index in [9.17, 15) is 9.59 Å². The number of ether oxygens (including phenoxy) is 1. The van der Waals surface area contributed by atoms with E-state index in [4.69, 9.17) is 9.84 Å². The smallest absolute Gasteiger partial charge is 0.332 e. The van der Waals surface area contributed by atoms with Gasteiger partial charge < -0.3 is 20.1 Å². The number of carbonyl (C=O) groups excluding carboxylic acids is 1. The van der Waals surface area contributed by atoms with Gasteiger partial charge in [0.2, 0.25) is 5.91 Å². The predicted molar refractivity (Wildman–Crippen MR) is 85.3 cm³/mol. The molecule has 2 atom stereocenters. The van der Waals surface area contributed by atoms with Crippen molar-refractivity contribution in [1.82, 2.24) is 10.3 Å². The number of H-pyrrole nitrogens is 1. The van der Waals surface area contributed by atoms with Crippen LogP contribution < -0.4 is 5.32 Å². The van der Waals surface area contributed by atoms with Crippen molar-refractivity contribution in [3.8, 4) is 0 Å². The van der Waals surface area contributed by atoms with Gasteiger partial charge in [-0.3, -0.25) is 4.79 Å². The first kappa shape index (κ1) is 15.6. The molecule has 3 N–H and O–H groups in total. The van der Waals surface area contributed by atoms with Gasteiger partial charge in [-0.15, -0.1) is 0 Å². The number of carbonyl (C=O) groups is 2. The van der Waals surface area contributed by atoms with Gasteiger partial charge in [-0.1, -0.05) is 12.1 Å². The number of aliphatic carboxylic acids is 1. The van der Waals surface area contributed by atoms with Crippen LogP contribution >= 0.6 is 0 Å². The number of aromatic nitrogens is 1. The zero-order valence-corrected chi connectivity index (χ0v) is 13.0. The van der Waals surface area contributed by atoms with E-state index < -0.39 is 18.2 Å². The third kappa shape index (κ3) is 3.37. The molecule has 0 radical (unpaired) electrons. The molecule has 6 nitrogen and oxygen atoms in total. The summed E-state index contributed by atoms with van der Waals surface area (Å²) in [5.74, 6) is -1.24. The highest BCUT2D eigenvalue weighted by Gasteiger charge is 2.34. The van der Waals surface area contributed by atoms with Crippen molar-refractivity contribution in [2.24, 2.45) is 0 Å². The molecule has 1 aliphatic rings. The summed E-state index contributed by atoms with van der Waals surface area (Å²) in [5.41, 5.74) is 3.44. The molecule has 0 unspecified atom stereocenters. The molecule has 0 aliphatic carbocycles. The Balaban J connectivity index is 1.53. The van der Waals surface area contributed by atoms with Crippen LogP contribution in [0.2, 0.25) is 0 Å². The normalized spacial score (nSPS) is 20.7. The Bertz CT molecular complexity index is 737. The number of aromatic amines is 1. The van der Waals surface area contributed by atoms with E-state index in [-0.39, 0.29) is 5.91 Å². The second kappa shape index (κ2) is 6.42. The van der Waals surface area contributed by atoms with Gasteiger partial charge in [-0.25, -0.2) is 4.79 Å². The van der Waals surface area contributed by atoms with E-state index in [0.717, 1.165) is 16.5 Å². The lowest BCUT2D eigenvalue weighted by atomic mass is 10.1. The molecule has 0 bridgehead atoms. The lowest BCUT2D eigenvalue weighted by Gasteiger charge is -2.11. The van der Waals surface area contributed by atoms with Crippen molar-refractivity contribution in [1.29, 1.82) is 0 Å². The van der Waals surface area contributed by atoms with Gasteiger partial charge in [0.1, 0.15) is 6.10 Å². The topological polar surface area (TPSA) is 91.4 Å². The number of rotatable bonds is 5. The molecule has 1 amide bonds. The minimum Gasteiger partial charge on any atom is -0.479 e. The largest absolute Gasteiger partial charge is 0.479 e. The lowest BCUT2D eigenvalue weighted by Crippen LogP contribution is -2.36. The van der Waals surface area contributed by atoms with Gasteiger partial charge >= 0.3 is 5.97 Å². The molecule has 6 heteroatoms. The van der Waals surface area contributed by atoms with E-state index in [0.29, 0.717) is 25.8 Å². The van der Waals surface area contributed by atoms with Crippen LogP contribution in [0.1, 0.15) is 24.0 Å². The van der Waals surface area contributed by atoms with Crippen LogP contribution in [0.3, 0.4) is 0 Å². The van der Waals surface area contributed by atoms with Crippen molar-refractivity contribution < 1.29 is 19.4 Å². The van der Waals surface area contributed by atoms with Crippen LogP contribution in [0.15, 0.2) is 24.4 Å². The summed E-state index contributed by atoms with van der Waals surface area (Å²) in [7, 11) is 0. The third-order valence-electron chi connectivity index (χ3n) is 4.20. The SMILES string of the molecule is Cc1ccc2c(CCNC(=O)[C@@H]3CC[C@H](C(=O)O)O3)c[nH]c2c1. The predicted octanol–water partition coefficient (Wildman–Crippen LogP) is 1.77. The number of amides is 1. The average molecular weight is 316 g/mol. The fourth-order valence-corrected chi connectivity index (χ4v) is 2.95. The molecular formula is C17H20N2O4. The molecule has 2 aromatic rings. The molecule has 122 valence electrons. The van der Waals surface area contributed by atoms with Crippen molar-refractivity contribution in [2.45, 2.75) is 38.4 Å². The quantitative estimate of drug-likeness (QED) is 0.784. The fourth-order valence-electron chi connectivity index (χ4n) is 2.95. The second-order valence-electron chi connectivity index (χ2n) is 5.93. The molecule has 1 aromatic carbocycles. The summed E-state index contributed by atoms with van der Waals surface area (Å²) < 4.78 is 5.24. The number of benzene rings is 1. The maximum atomic E-state index is 12.0. The molecule has 3 rings (SSSR count). The van der Waals surface area contributed by atoms with Crippen molar-refractivity contribution >= 4 is 22.8 Å². The third-order valence-corrected chi connectivity index (χ3v) is 4.20. The van der Waals surface area contributed by atoms with Crippen LogP contribution in [0, 0.1) is 6.92 Å². The van der Waals surface area contributed by atoms with Gasteiger partial charge in [0.05, 0.1) is 0 Å². The first-order valence-electron chi connectivity index (χ1n) is 7.77. The summed E-state index contributed by atoms with van der Waals surface area (Å²) >= 11 is 0. The maximum absolute atomic E-state index is 12.0. The van der Waals surface area contributed by atoms with Crippen LogP contribution in [-0.2, 0) is 20.7 Å². The zero-order valence-electron chi connectivity index (χ0n) is 13.0.